The molecule has 0 atom stereocenters. The minimum absolute atomic E-state index is 0.0214. The molecule has 1 N–H and O–H groups in total. The Bertz CT molecular complexity index is 1100. The molecule has 1 saturated heterocycles. The van der Waals surface area contributed by atoms with Gasteiger partial charge < -0.3 is 15.1 Å². The van der Waals surface area contributed by atoms with Crippen LogP contribution in [0.1, 0.15) is 19.4 Å². The number of benzene rings is 2. The van der Waals surface area contributed by atoms with E-state index < -0.39 is 10.8 Å². The normalized spacial score (nSPS) is 14.1. The second-order valence-electron chi connectivity index (χ2n) is 7.92. The molecule has 0 bridgehead atoms. The van der Waals surface area contributed by atoms with Gasteiger partial charge in [-0.25, -0.2) is 0 Å². The highest BCUT2D eigenvalue weighted by Gasteiger charge is 2.24. The van der Waals surface area contributed by atoms with E-state index in [1.165, 1.54) is 24.3 Å². The SMILES string of the molecule is CC(C)C(=O)N1CCN(c2ccc(NC(=O)/C=C/c3ccc(Cl)c([N+](=O)[O-])c3)cc2Cl)CC1. The number of carbonyl (C=O) groups excluding carboxylic acids is 2. The summed E-state index contributed by atoms with van der Waals surface area (Å²) >= 11 is 12.3. The van der Waals surface area contributed by atoms with Crippen LogP contribution >= 0.6 is 23.2 Å². The van der Waals surface area contributed by atoms with Crippen molar-refractivity contribution in [2.45, 2.75) is 13.8 Å². The summed E-state index contributed by atoms with van der Waals surface area (Å²) in [5.74, 6) is -0.274. The molecule has 2 aromatic rings. The van der Waals surface area contributed by atoms with Gasteiger partial charge in [-0.3, -0.25) is 19.7 Å². The van der Waals surface area contributed by atoms with Gasteiger partial charge in [0.2, 0.25) is 11.8 Å². The van der Waals surface area contributed by atoms with Gasteiger partial charge in [0.1, 0.15) is 5.02 Å². The van der Waals surface area contributed by atoms with Crippen molar-refractivity contribution in [2.75, 3.05) is 36.4 Å². The third kappa shape index (κ3) is 6.24. The molecule has 10 heteroatoms. The molecule has 174 valence electrons. The summed E-state index contributed by atoms with van der Waals surface area (Å²) in [4.78, 5) is 38.8. The lowest BCUT2D eigenvalue weighted by atomic mass is 10.1. The van der Waals surface area contributed by atoms with Crippen molar-refractivity contribution in [1.82, 2.24) is 4.90 Å². The second-order valence-corrected chi connectivity index (χ2v) is 8.74. The molecule has 1 fully saturated rings. The van der Waals surface area contributed by atoms with E-state index in [4.69, 9.17) is 23.2 Å². The van der Waals surface area contributed by atoms with Crippen molar-refractivity contribution >= 4 is 58.2 Å². The molecule has 1 aliphatic rings. The number of amides is 2. The van der Waals surface area contributed by atoms with E-state index in [1.54, 1.807) is 18.2 Å². The minimum atomic E-state index is -0.578. The van der Waals surface area contributed by atoms with Gasteiger partial charge >= 0.3 is 0 Å². The Labute approximate surface area is 201 Å². The van der Waals surface area contributed by atoms with Crippen molar-refractivity contribution in [3.8, 4) is 0 Å². The number of rotatable bonds is 6. The number of anilines is 2. The number of halogens is 2. The first-order valence-electron chi connectivity index (χ1n) is 10.4. The van der Waals surface area contributed by atoms with E-state index in [2.05, 4.69) is 10.2 Å². The van der Waals surface area contributed by atoms with Crippen LogP contribution in [0.15, 0.2) is 42.5 Å². The minimum Gasteiger partial charge on any atom is -0.367 e. The highest BCUT2D eigenvalue weighted by atomic mass is 35.5. The molecule has 0 spiro atoms. The predicted molar refractivity (Wildman–Crippen MR) is 131 cm³/mol. The lowest BCUT2D eigenvalue weighted by Gasteiger charge is -2.37. The van der Waals surface area contributed by atoms with Crippen LogP contribution in [0.25, 0.3) is 6.08 Å². The van der Waals surface area contributed by atoms with Crippen LogP contribution in [-0.4, -0.2) is 47.8 Å². The van der Waals surface area contributed by atoms with Gasteiger partial charge in [0.15, 0.2) is 0 Å². The number of carbonyl (C=O) groups is 2. The molecule has 0 radical (unpaired) electrons. The summed E-state index contributed by atoms with van der Waals surface area (Å²) in [6.45, 7) is 6.43. The van der Waals surface area contributed by atoms with Crippen LogP contribution in [0, 0.1) is 16.0 Å². The van der Waals surface area contributed by atoms with Crippen LogP contribution in [0.5, 0.6) is 0 Å². The molecule has 1 heterocycles. The lowest BCUT2D eigenvalue weighted by Crippen LogP contribution is -2.50. The molecule has 8 nitrogen and oxygen atoms in total. The van der Waals surface area contributed by atoms with E-state index >= 15 is 0 Å². The van der Waals surface area contributed by atoms with Gasteiger partial charge in [-0.1, -0.05) is 43.1 Å². The van der Waals surface area contributed by atoms with Crippen molar-refractivity contribution in [3.63, 3.8) is 0 Å². The molecule has 2 aromatic carbocycles. The zero-order valence-electron chi connectivity index (χ0n) is 18.3. The van der Waals surface area contributed by atoms with Crippen LogP contribution in [0.4, 0.5) is 17.1 Å². The number of nitro groups is 1. The van der Waals surface area contributed by atoms with E-state index in [0.29, 0.717) is 42.5 Å². The number of nitrogens with zero attached hydrogens (tertiary/aromatic N) is 3. The van der Waals surface area contributed by atoms with Gasteiger partial charge in [-0.2, -0.15) is 0 Å². The summed E-state index contributed by atoms with van der Waals surface area (Å²) in [5, 5.41) is 14.2. The molecule has 1 aliphatic heterocycles. The monoisotopic (exact) mass is 490 g/mol. The average Bonchev–Trinajstić information content (AvgIpc) is 2.78. The van der Waals surface area contributed by atoms with Crippen molar-refractivity contribution in [1.29, 1.82) is 0 Å². The summed E-state index contributed by atoms with van der Waals surface area (Å²) in [5.41, 5.74) is 1.62. The fraction of sp³-hybridized carbons (Fsp3) is 0.304. The standard InChI is InChI=1S/C23H24Cl2N4O4/c1-15(2)23(31)28-11-9-27(10-12-28)20-7-5-17(14-19(20)25)26-22(30)8-4-16-3-6-18(24)21(13-16)29(32)33/h3-8,13-15H,9-12H2,1-2H3,(H,26,30)/b8-4+. The number of nitro benzene ring substituents is 1. The predicted octanol–water partition coefficient (Wildman–Crippen LogP) is 4.86. The van der Waals surface area contributed by atoms with Crippen molar-refractivity contribution < 1.29 is 14.5 Å². The van der Waals surface area contributed by atoms with E-state index in [0.717, 1.165) is 5.69 Å². The third-order valence-corrected chi connectivity index (χ3v) is 5.86. The van der Waals surface area contributed by atoms with E-state index in [1.807, 2.05) is 24.8 Å². The van der Waals surface area contributed by atoms with Crippen LogP contribution in [-0.2, 0) is 9.59 Å². The maximum Gasteiger partial charge on any atom is 0.288 e. The Hall–Kier alpha value is -3.10. The molecule has 2 amide bonds. The van der Waals surface area contributed by atoms with Crippen molar-refractivity contribution in [3.05, 3.63) is 68.2 Å². The Kier molecular flexibility index (Phi) is 7.94. The van der Waals surface area contributed by atoms with Crippen LogP contribution in [0.2, 0.25) is 10.0 Å². The highest BCUT2D eigenvalue weighted by Crippen LogP contribution is 2.30. The molecular weight excluding hydrogens is 467 g/mol. The number of piperazine rings is 1. The first-order chi connectivity index (χ1) is 15.7. The third-order valence-electron chi connectivity index (χ3n) is 5.24. The second kappa shape index (κ2) is 10.7. The Balaban J connectivity index is 1.61. The maximum absolute atomic E-state index is 12.3. The summed E-state index contributed by atoms with van der Waals surface area (Å²) in [7, 11) is 0. The first-order valence-corrected chi connectivity index (χ1v) is 11.2. The zero-order valence-corrected chi connectivity index (χ0v) is 19.8. The first kappa shape index (κ1) is 24.5. The molecule has 3 rings (SSSR count). The van der Waals surface area contributed by atoms with Gasteiger partial charge in [0, 0.05) is 49.9 Å². The summed E-state index contributed by atoms with van der Waals surface area (Å²) in [6, 6.07) is 9.55. The molecule has 33 heavy (non-hydrogen) atoms. The quantitative estimate of drug-likeness (QED) is 0.354. The Morgan fingerprint density at radius 1 is 1.06 bits per heavy atom. The van der Waals surface area contributed by atoms with E-state index in [-0.39, 0.29) is 22.5 Å². The highest BCUT2D eigenvalue weighted by molar-refractivity contribution is 6.33. The Morgan fingerprint density at radius 3 is 2.36 bits per heavy atom. The molecule has 0 unspecified atom stereocenters. The van der Waals surface area contributed by atoms with Crippen LogP contribution in [0.3, 0.4) is 0 Å². The van der Waals surface area contributed by atoms with Gasteiger partial charge in [-0.05, 0) is 35.9 Å². The van der Waals surface area contributed by atoms with Gasteiger partial charge in [-0.15, -0.1) is 0 Å². The molecule has 0 saturated carbocycles. The average molecular weight is 491 g/mol. The summed E-state index contributed by atoms with van der Waals surface area (Å²) in [6.07, 6.45) is 2.74. The van der Waals surface area contributed by atoms with E-state index in [9.17, 15) is 19.7 Å². The van der Waals surface area contributed by atoms with Crippen LogP contribution < -0.4 is 10.2 Å². The van der Waals surface area contributed by atoms with Gasteiger partial charge in [0.25, 0.3) is 5.69 Å². The molecular formula is C23H24Cl2N4O4. The number of hydrogen-bond donors (Lipinski definition) is 1. The fourth-order valence-electron chi connectivity index (χ4n) is 3.50. The number of hydrogen-bond acceptors (Lipinski definition) is 5. The topological polar surface area (TPSA) is 95.8 Å². The lowest BCUT2D eigenvalue weighted by molar-refractivity contribution is -0.384. The largest absolute Gasteiger partial charge is 0.367 e. The molecule has 0 aliphatic carbocycles. The van der Waals surface area contributed by atoms with Crippen molar-refractivity contribution in [2.24, 2.45) is 5.92 Å². The Morgan fingerprint density at radius 2 is 1.76 bits per heavy atom. The maximum atomic E-state index is 12.3. The summed E-state index contributed by atoms with van der Waals surface area (Å²) < 4.78 is 0. The fourth-order valence-corrected chi connectivity index (χ4v) is 3.99. The smallest absolute Gasteiger partial charge is 0.288 e. The zero-order chi connectivity index (χ0) is 24.1. The number of nitrogens with one attached hydrogen (secondary N) is 1. The molecule has 0 aromatic heterocycles. The van der Waals surface area contributed by atoms with Gasteiger partial charge in [0.05, 0.1) is 15.6 Å².